The van der Waals surface area contributed by atoms with Gasteiger partial charge >= 0.3 is 0 Å². The maximum atomic E-state index is 5.88. The molecule has 1 aromatic carbocycles. The van der Waals surface area contributed by atoms with Gasteiger partial charge in [-0.15, -0.1) is 0 Å². The summed E-state index contributed by atoms with van der Waals surface area (Å²) in [6, 6.07) is 12.7. The van der Waals surface area contributed by atoms with Crippen LogP contribution < -0.4 is 5.32 Å². The Balaban J connectivity index is 2.09. The van der Waals surface area contributed by atoms with E-state index < -0.39 is 0 Å². The summed E-state index contributed by atoms with van der Waals surface area (Å²) in [5.41, 5.74) is 3.61. The maximum absolute atomic E-state index is 5.88. The lowest BCUT2D eigenvalue weighted by atomic mass is 9.99. The van der Waals surface area contributed by atoms with E-state index in [0.717, 1.165) is 5.69 Å². The molecule has 0 saturated heterocycles. The first-order chi connectivity index (χ1) is 9.06. The highest BCUT2D eigenvalue weighted by molar-refractivity contribution is 6.29. The highest BCUT2D eigenvalue weighted by atomic mass is 35.5. The zero-order valence-electron chi connectivity index (χ0n) is 11.5. The molecule has 0 amide bonds. The summed E-state index contributed by atoms with van der Waals surface area (Å²) in [5, 5.41) is 3.93. The maximum Gasteiger partial charge on any atom is 0.131 e. The third-order valence-electron chi connectivity index (χ3n) is 3.21. The van der Waals surface area contributed by atoms with Crippen molar-refractivity contribution in [3.63, 3.8) is 0 Å². The molecule has 0 spiro atoms. The topological polar surface area (TPSA) is 24.9 Å². The largest absolute Gasteiger partial charge is 0.378 e. The van der Waals surface area contributed by atoms with Crippen LogP contribution in [0.15, 0.2) is 42.6 Å². The zero-order chi connectivity index (χ0) is 13.8. The smallest absolute Gasteiger partial charge is 0.131 e. The average molecular weight is 275 g/mol. The number of benzene rings is 1. The minimum atomic E-state index is 0.236. The van der Waals surface area contributed by atoms with Crippen LogP contribution in [0.4, 0.5) is 5.69 Å². The number of rotatable bonds is 4. The van der Waals surface area contributed by atoms with E-state index >= 15 is 0 Å². The number of nitrogens with zero attached hydrogens (tertiary/aromatic N) is 1. The second-order valence-corrected chi connectivity index (χ2v) is 5.44. The molecule has 0 radical (unpaired) electrons. The molecule has 19 heavy (non-hydrogen) atoms. The van der Waals surface area contributed by atoms with Crippen LogP contribution >= 0.6 is 11.6 Å². The minimum absolute atomic E-state index is 0.236. The summed E-state index contributed by atoms with van der Waals surface area (Å²) in [5.74, 6) is 0.566. The first-order valence-corrected chi connectivity index (χ1v) is 6.92. The van der Waals surface area contributed by atoms with Gasteiger partial charge in [0.05, 0.1) is 0 Å². The van der Waals surface area contributed by atoms with Crippen molar-refractivity contribution >= 4 is 17.3 Å². The molecule has 0 saturated carbocycles. The Hall–Kier alpha value is -1.54. The Morgan fingerprint density at radius 2 is 1.63 bits per heavy atom. The van der Waals surface area contributed by atoms with Gasteiger partial charge in [-0.25, -0.2) is 4.98 Å². The van der Waals surface area contributed by atoms with Crippen LogP contribution in [0.5, 0.6) is 0 Å². The molecule has 1 N–H and O–H groups in total. The predicted molar refractivity (Wildman–Crippen MR) is 81.8 cm³/mol. The Kier molecular flexibility index (Phi) is 4.43. The lowest BCUT2D eigenvalue weighted by Crippen LogP contribution is -2.06. The second kappa shape index (κ2) is 6.07. The Morgan fingerprint density at radius 3 is 2.21 bits per heavy atom. The van der Waals surface area contributed by atoms with Crippen molar-refractivity contribution in [1.29, 1.82) is 0 Å². The molecule has 0 aliphatic heterocycles. The Labute approximate surface area is 119 Å². The molecule has 3 heteroatoms. The highest BCUT2D eigenvalue weighted by Crippen LogP contribution is 2.22. The van der Waals surface area contributed by atoms with E-state index in [2.05, 4.69) is 55.3 Å². The van der Waals surface area contributed by atoms with E-state index in [1.165, 1.54) is 11.1 Å². The average Bonchev–Trinajstić information content (AvgIpc) is 2.39. The van der Waals surface area contributed by atoms with E-state index in [-0.39, 0.29) is 6.04 Å². The fraction of sp³-hybridized carbons (Fsp3) is 0.312. The summed E-state index contributed by atoms with van der Waals surface area (Å²) in [6.45, 7) is 6.55. The van der Waals surface area contributed by atoms with Gasteiger partial charge in [0.1, 0.15) is 5.15 Å². The molecule has 1 atom stereocenters. The van der Waals surface area contributed by atoms with Gasteiger partial charge in [-0.1, -0.05) is 49.7 Å². The molecule has 1 aromatic heterocycles. The van der Waals surface area contributed by atoms with Crippen LogP contribution in [0.1, 0.15) is 43.9 Å². The monoisotopic (exact) mass is 274 g/mol. The van der Waals surface area contributed by atoms with Crippen molar-refractivity contribution in [3.8, 4) is 0 Å². The number of nitrogens with one attached hydrogen (secondary N) is 1. The summed E-state index contributed by atoms with van der Waals surface area (Å²) in [7, 11) is 0. The SMILES string of the molecule is CC(C)c1ccc(C(C)Nc2ccnc(Cl)c2)cc1. The van der Waals surface area contributed by atoms with Crippen molar-refractivity contribution in [2.45, 2.75) is 32.7 Å². The standard InChI is InChI=1S/C16H19ClN2/c1-11(2)13-4-6-14(7-5-13)12(3)19-15-8-9-18-16(17)10-15/h4-12H,1-3H3,(H,18,19). The molecule has 1 heterocycles. The van der Waals surface area contributed by atoms with Gasteiger partial charge in [0.15, 0.2) is 0 Å². The van der Waals surface area contributed by atoms with Crippen LogP contribution in [0.25, 0.3) is 0 Å². The quantitative estimate of drug-likeness (QED) is 0.791. The molecule has 2 rings (SSSR count). The predicted octanol–water partition coefficient (Wildman–Crippen LogP) is 5.03. The minimum Gasteiger partial charge on any atom is -0.378 e. The molecule has 0 bridgehead atoms. The Bertz CT molecular complexity index is 535. The van der Waals surface area contributed by atoms with Gasteiger partial charge in [0, 0.05) is 17.9 Å². The van der Waals surface area contributed by atoms with E-state index in [1.54, 1.807) is 6.20 Å². The Morgan fingerprint density at radius 1 is 1.00 bits per heavy atom. The van der Waals surface area contributed by atoms with Crippen molar-refractivity contribution in [3.05, 3.63) is 58.9 Å². The van der Waals surface area contributed by atoms with Crippen molar-refractivity contribution in [2.75, 3.05) is 5.32 Å². The molecular weight excluding hydrogens is 256 g/mol. The lowest BCUT2D eigenvalue weighted by Gasteiger charge is -2.16. The molecule has 0 fully saturated rings. The third kappa shape index (κ3) is 3.71. The highest BCUT2D eigenvalue weighted by Gasteiger charge is 2.06. The lowest BCUT2D eigenvalue weighted by molar-refractivity contribution is 0.852. The zero-order valence-corrected chi connectivity index (χ0v) is 12.3. The van der Waals surface area contributed by atoms with Crippen LogP contribution in [0.2, 0.25) is 5.15 Å². The van der Waals surface area contributed by atoms with Gasteiger partial charge in [-0.3, -0.25) is 0 Å². The van der Waals surface area contributed by atoms with Gasteiger partial charge < -0.3 is 5.32 Å². The number of anilines is 1. The molecule has 100 valence electrons. The van der Waals surface area contributed by atoms with Gasteiger partial charge in [0.25, 0.3) is 0 Å². The number of hydrogen-bond acceptors (Lipinski definition) is 2. The van der Waals surface area contributed by atoms with Crippen molar-refractivity contribution in [1.82, 2.24) is 4.98 Å². The molecule has 2 aromatic rings. The van der Waals surface area contributed by atoms with Crippen LogP contribution in [0, 0.1) is 0 Å². The first kappa shape index (κ1) is 13.9. The second-order valence-electron chi connectivity index (χ2n) is 5.05. The first-order valence-electron chi connectivity index (χ1n) is 6.54. The van der Waals surface area contributed by atoms with Crippen LogP contribution in [-0.2, 0) is 0 Å². The van der Waals surface area contributed by atoms with Crippen LogP contribution in [0.3, 0.4) is 0 Å². The molecular formula is C16H19ClN2. The van der Waals surface area contributed by atoms with E-state index in [9.17, 15) is 0 Å². The summed E-state index contributed by atoms with van der Waals surface area (Å²) >= 11 is 5.88. The number of aromatic nitrogens is 1. The van der Waals surface area contributed by atoms with Crippen molar-refractivity contribution < 1.29 is 0 Å². The fourth-order valence-electron chi connectivity index (χ4n) is 2.00. The summed E-state index contributed by atoms with van der Waals surface area (Å²) in [6.07, 6.45) is 1.71. The molecule has 0 aliphatic rings. The van der Waals surface area contributed by atoms with Gasteiger partial charge in [-0.05, 0) is 36.1 Å². The van der Waals surface area contributed by atoms with Crippen LogP contribution in [-0.4, -0.2) is 4.98 Å². The number of pyridine rings is 1. The number of halogens is 1. The molecule has 2 nitrogen and oxygen atoms in total. The third-order valence-corrected chi connectivity index (χ3v) is 3.42. The fourth-order valence-corrected chi connectivity index (χ4v) is 2.17. The number of hydrogen-bond donors (Lipinski definition) is 1. The normalized spacial score (nSPS) is 12.5. The van der Waals surface area contributed by atoms with E-state index in [1.807, 2.05) is 12.1 Å². The van der Waals surface area contributed by atoms with E-state index in [4.69, 9.17) is 11.6 Å². The van der Waals surface area contributed by atoms with Gasteiger partial charge in [-0.2, -0.15) is 0 Å². The van der Waals surface area contributed by atoms with Crippen molar-refractivity contribution in [2.24, 2.45) is 0 Å². The van der Waals surface area contributed by atoms with E-state index in [0.29, 0.717) is 11.1 Å². The summed E-state index contributed by atoms with van der Waals surface area (Å²) < 4.78 is 0. The van der Waals surface area contributed by atoms with Gasteiger partial charge in [0.2, 0.25) is 0 Å². The molecule has 0 aliphatic carbocycles. The molecule has 1 unspecified atom stereocenters. The summed E-state index contributed by atoms with van der Waals surface area (Å²) in [4.78, 5) is 3.98.